The van der Waals surface area contributed by atoms with Crippen molar-refractivity contribution < 1.29 is 9.53 Å². The quantitative estimate of drug-likeness (QED) is 0.644. The Morgan fingerprint density at radius 3 is 2.54 bits per heavy atom. The van der Waals surface area contributed by atoms with Gasteiger partial charge in [0.15, 0.2) is 0 Å². The van der Waals surface area contributed by atoms with Gasteiger partial charge in [-0.15, -0.1) is 0 Å². The summed E-state index contributed by atoms with van der Waals surface area (Å²) in [5.41, 5.74) is 0.695. The molecule has 0 amide bonds. The summed E-state index contributed by atoms with van der Waals surface area (Å²) in [6.07, 6.45) is -0.793. The molecule has 66 valence electrons. The van der Waals surface area contributed by atoms with Crippen LogP contribution in [0.25, 0.3) is 0 Å². The van der Waals surface area contributed by atoms with Gasteiger partial charge in [0.25, 0.3) is 0 Å². The number of carbonyl (C=O) groups excluding carboxylic acids is 1. The predicted molar refractivity (Wildman–Crippen MR) is 46.6 cm³/mol. The fourth-order valence-corrected chi connectivity index (χ4v) is 0.963. The molecule has 0 saturated heterocycles. The van der Waals surface area contributed by atoms with Crippen LogP contribution in [0.2, 0.25) is 0 Å². The van der Waals surface area contributed by atoms with Gasteiger partial charge in [0.1, 0.15) is 6.07 Å². The van der Waals surface area contributed by atoms with Crippen molar-refractivity contribution in [2.45, 2.75) is 13.0 Å². The van der Waals surface area contributed by atoms with Gasteiger partial charge in [-0.05, 0) is 0 Å². The van der Waals surface area contributed by atoms with Gasteiger partial charge < -0.3 is 4.74 Å². The third-order valence-corrected chi connectivity index (χ3v) is 1.50. The summed E-state index contributed by atoms with van der Waals surface area (Å²) < 4.78 is 4.79. The van der Waals surface area contributed by atoms with Crippen LogP contribution in [0.1, 0.15) is 18.6 Å². The molecule has 0 N–H and O–H groups in total. The Morgan fingerprint density at radius 2 is 2.08 bits per heavy atom. The van der Waals surface area contributed by atoms with Crippen LogP contribution in [0.5, 0.6) is 0 Å². The maximum atomic E-state index is 10.6. The van der Waals surface area contributed by atoms with Gasteiger partial charge >= 0.3 is 5.97 Å². The van der Waals surface area contributed by atoms with Gasteiger partial charge in [0, 0.05) is 12.5 Å². The molecular weight excluding hydrogens is 166 g/mol. The van der Waals surface area contributed by atoms with Gasteiger partial charge in [0.05, 0.1) is 0 Å². The van der Waals surface area contributed by atoms with Crippen molar-refractivity contribution >= 4 is 5.97 Å². The highest BCUT2D eigenvalue weighted by atomic mass is 16.5. The van der Waals surface area contributed by atoms with E-state index in [-0.39, 0.29) is 0 Å². The van der Waals surface area contributed by atoms with Crippen LogP contribution in [0.3, 0.4) is 0 Å². The molecule has 0 aliphatic carbocycles. The van der Waals surface area contributed by atoms with E-state index in [1.807, 2.05) is 12.1 Å². The molecule has 3 heteroatoms. The number of ether oxygens (including phenoxy) is 1. The number of esters is 1. The maximum Gasteiger partial charge on any atom is 0.304 e. The molecule has 0 aliphatic heterocycles. The molecule has 0 spiro atoms. The van der Waals surface area contributed by atoms with Crippen LogP contribution in [-0.4, -0.2) is 5.97 Å². The molecule has 0 aromatic heterocycles. The predicted octanol–water partition coefficient (Wildman–Crippen LogP) is 1.81. The fourth-order valence-electron chi connectivity index (χ4n) is 0.963. The van der Waals surface area contributed by atoms with E-state index >= 15 is 0 Å². The zero-order chi connectivity index (χ0) is 9.68. The Bertz CT molecular complexity index is 327. The monoisotopic (exact) mass is 175 g/mol. The van der Waals surface area contributed by atoms with E-state index in [1.54, 1.807) is 24.3 Å². The molecule has 0 aliphatic rings. The van der Waals surface area contributed by atoms with Gasteiger partial charge in [-0.3, -0.25) is 4.79 Å². The molecule has 1 aromatic carbocycles. The first kappa shape index (κ1) is 9.27. The Hall–Kier alpha value is -1.82. The summed E-state index contributed by atoms with van der Waals surface area (Å²) in [6.45, 7) is 1.28. The van der Waals surface area contributed by atoms with Crippen LogP contribution in [0.4, 0.5) is 0 Å². The number of hydrogen-bond acceptors (Lipinski definition) is 3. The van der Waals surface area contributed by atoms with Crippen LogP contribution in [0, 0.1) is 11.3 Å². The standard InChI is InChI=1S/C10H9NO2/c1-8(12)13-10(7-11)9-5-3-2-4-6-9/h2-6,10H,1H3/t10-/m0/s1. The lowest BCUT2D eigenvalue weighted by molar-refractivity contribution is -0.144. The molecule has 1 atom stereocenters. The molecule has 0 unspecified atom stereocenters. The van der Waals surface area contributed by atoms with Gasteiger partial charge in [0.2, 0.25) is 6.10 Å². The molecule has 0 heterocycles. The van der Waals surface area contributed by atoms with Crippen LogP contribution in [-0.2, 0) is 9.53 Å². The molecule has 0 radical (unpaired) electrons. The van der Waals surface area contributed by atoms with E-state index in [0.29, 0.717) is 5.56 Å². The van der Waals surface area contributed by atoms with Crippen molar-refractivity contribution in [3.63, 3.8) is 0 Å². The first-order chi connectivity index (χ1) is 6.24. The van der Waals surface area contributed by atoms with Crippen LogP contribution >= 0.6 is 0 Å². The van der Waals surface area contributed by atoms with E-state index in [4.69, 9.17) is 10.00 Å². The second-order valence-corrected chi connectivity index (χ2v) is 2.53. The van der Waals surface area contributed by atoms with Gasteiger partial charge in [-0.1, -0.05) is 30.3 Å². The average Bonchev–Trinajstić information content (AvgIpc) is 2.15. The van der Waals surface area contributed by atoms with Crippen molar-refractivity contribution in [1.82, 2.24) is 0 Å². The van der Waals surface area contributed by atoms with Crippen LogP contribution in [0.15, 0.2) is 30.3 Å². The maximum absolute atomic E-state index is 10.6. The number of nitriles is 1. The minimum Gasteiger partial charge on any atom is -0.442 e. The summed E-state index contributed by atoms with van der Waals surface area (Å²) in [4.78, 5) is 10.6. The lowest BCUT2D eigenvalue weighted by Crippen LogP contribution is -2.05. The number of carbonyl (C=O) groups is 1. The summed E-state index contributed by atoms with van der Waals surface area (Å²) in [6, 6.07) is 10.8. The second kappa shape index (κ2) is 4.27. The molecule has 0 fully saturated rings. The summed E-state index contributed by atoms with van der Waals surface area (Å²) in [5, 5.41) is 8.70. The Morgan fingerprint density at radius 1 is 1.46 bits per heavy atom. The number of rotatable bonds is 2. The van der Waals surface area contributed by atoms with Crippen LogP contribution < -0.4 is 0 Å². The highest BCUT2D eigenvalue weighted by Gasteiger charge is 2.11. The molecule has 1 aromatic rings. The van der Waals surface area contributed by atoms with Gasteiger partial charge in [-0.2, -0.15) is 5.26 Å². The van der Waals surface area contributed by atoms with Crippen molar-refractivity contribution in [3.8, 4) is 6.07 Å². The van der Waals surface area contributed by atoms with Crippen molar-refractivity contribution in [2.75, 3.05) is 0 Å². The van der Waals surface area contributed by atoms with Crippen molar-refractivity contribution in [1.29, 1.82) is 5.26 Å². The van der Waals surface area contributed by atoms with Crippen molar-refractivity contribution in [2.24, 2.45) is 0 Å². The highest BCUT2D eigenvalue weighted by molar-refractivity contribution is 5.66. The first-order valence-corrected chi connectivity index (χ1v) is 3.86. The molecule has 0 saturated carbocycles. The SMILES string of the molecule is CC(=O)O[C@@H](C#N)c1ccccc1. The summed E-state index contributed by atoms with van der Waals surface area (Å²) in [7, 11) is 0. The minimum absolute atomic E-state index is 0.449. The third kappa shape index (κ3) is 2.60. The highest BCUT2D eigenvalue weighted by Crippen LogP contribution is 2.15. The molecule has 1 rings (SSSR count). The Kier molecular flexibility index (Phi) is 3.04. The van der Waals surface area contributed by atoms with E-state index in [0.717, 1.165) is 0 Å². The lowest BCUT2D eigenvalue weighted by atomic mass is 10.1. The zero-order valence-electron chi connectivity index (χ0n) is 7.23. The Balaban J connectivity index is 2.80. The molecular formula is C10H9NO2. The zero-order valence-corrected chi connectivity index (χ0v) is 7.23. The summed E-state index contributed by atoms with van der Waals surface area (Å²) >= 11 is 0. The fraction of sp³-hybridized carbons (Fsp3) is 0.200. The largest absolute Gasteiger partial charge is 0.442 e. The van der Waals surface area contributed by atoms with E-state index in [1.165, 1.54) is 6.92 Å². The lowest BCUT2D eigenvalue weighted by Gasteiger charge is -2.08. The van der Waals surface area contributed by atoms with E-state index in [2.05, 4.69) is 0 Å². The first-order valence-electron chi connectivity index (χ1n) is 3.86. The van der Waals surface area contributed by atoms with Gasteiger partial charge in [-0.25, -0.2) is 0 Å². The smallest absolute Gasteiger partial charge is 0.304 e. The third-order valence-electron chi connectivity index (χ3n) is 1.50. The van der Waals surface area contributed by atoms with E-state index in [9.17, 15) is 4.79 Å². The Labute approximate surface area is 76.6 Å². The number of nitrogens with zero attached hydrogens (tertiary/aromatic N) is 1. The minimum atomic E-state index is -0.793. The molecule has 0 bridgehead atoms. The number of hydrogen-bond donors (Lipinski definition) is 0. The normalized spacial score (nSPS) is 11.4. The summed E-state index contributed by atoms with van der Waals surface area (Å²) in [5.74, 6) is -0.449. The second-order valence-electron chi connectivity index (χ2n) is 2.53. The average molecular weight is 175 g/mol. The van der Waals surface area contributed by atoms with E-state index < -0.39 is 12.1 Å². The van der Waals surface area contributed by atoms with Crippen molar-refractivity contribution in [3.05, 3.63) is 35.9 Å². The molecule has 13 heavy (non-hydrogen) atoms. The number of benzene rings is 1. The topological polar surface area (TPSA) is 50.1 Å². The molecule has 3 nitrogen and oxygen atoms in total.